The van der Waals surface area contributed by atoms with E-state index in [9.17, 15) is 0 Å². The van der Waals surface area contributed by atoms with E-state index in [4.69, 9.17) is 5.21 Å². The molecule has 0 aliphatic rings. The predicted molar refractivity (Wildman–Crippen MR) is 77.4 cm³/mol. The Morgan fingerprint density at radius 3 is 2.16 bits per heavy atom. The SMILES string of the molecule is CCN(C(C)C)C(C)C.On1nnc2ccccc21. The number of benzene rings is 1. The van der Waals surface area contributed by atoms with Gasteiger partial charge in [0.2, 0.25) is 0 Å². The number of rotatable bonds is 3. The third-order valence-electron chi connectivity index (χ3n) is 3.03. The van der Waals surface area contributed by atoms with Crippen molar-refractivity contribution in [2.24, 2.45) is 0 Å². The summed E-state index contributed by atoms with van der Waals surface area (Å²) in [6.45, 7) is 12.3. The second-order valence-electron chi connectivity index (χ2n) is 4.99. The van der Waals surface area contributed by atoms with Crippen molar-refractivity contribution in [3.63, 3.8) is 0 Å². The van der Waals surface area contributed by atoms with Gasteiger partial charge < -0.3 is 5.21 Å². The number of fused-ring (bicyclic) bond motifs is 1. The van der Waals surface area contributed by atoms with Crippen LogP contribution in [0.2, 0.25) is 0 Å². The number of para-hydroxylation sites is 1. The van der Waals surface area contributed by atoms with Gasteiger partial charge in [0.05, 0.1) is 0 Å². The molecule has 0 fully saturated rings. The molecule has 0 unspecified atom stereocenters. The summed E-state index contributed by atoms with van der Waals surface area (Å²) >= 11 is 0. The Hall–Kier alpha value is -1.62. The van der Waals surface area contributed by atoms with Crippen molar-refractivity contribution in [1.29, 1.82) is 0 Å². The lowest BCUT2D eigenvalue weighted by atomic mass is 10.2. The Morgan fingerprint density at radius 1 is 1.16 bits per heavy atom. The van der Waals surface area contributed by atoms with Crippen molar-refractivity contribution < 1.29 is 5.21 Å². The summed E-state index contributed by atoms with van der Waals surface area (Å²) < 4.78 is 0. The van der Waals surface area contributed by atoms with E-state index < -0.39 is 0 Å². The van der Waals surface area contributed by atoms with Crippen LogP contribution in [0.15, 0.2) is 24.3 Å². The van der Waals surface area contributed by atoms with Crippen molar-refractivity contribution in [1.82, 2.24) is 20.1 Å². The Bertz CT molecular complexity index is 485. The van der Waals surface area contributed by atoms with Gasteiger partial charge in [-0.15, -0.1) is 5.10 Å². The first-order chi connectivity index (χ1) is 8.97. The monoisotopic (exact) mass is 264 g/mol. The summed E-state index contributed by atoms with van der Waals surface area (Å²) in [6, 6.07) is 8.57. The van der Waals surface area contributed by atoms with Crippen molar-refractivity contribution in [3.05, 3.63) is 24.3 Å². The highest BCUT2D eigenvalue weighted by Gasteiger charge is 2.09. The standard InChI is InChI=1S/C8H19N.C6H5N3O/c1-6-9(7(2)3)8(4)5;10-9-6-4-2-1-3-5(6)7-8-9/h7-8H,6H2,1-5H3;1-4,10H. The van der Waals surface area contributed by atoms with Gasteiger partial charge >= 0.3 is 0 Å². The van der Waals surface area contributed by atoms with E-state index in [1.807, 2.05) is 12.1 Å². The molecule has 0 aliphatic heterocycles. The van der Waals surface area contributed by atoms with Crippen LogP contribution in [0.4, 0.5) is 0 Å². The summed E-state index contributed by atoms with van der Waals surface area (Å²) in [7, 11) is 0. The highest BCUT2D eigenvalue weighted by molar-refractivity contribution is 5.73. The molecule has 0 amide bonds. The number of nitrogens with zero attached hydrogens (tertiary/aromatic N) is 4. The average Bonchev–Trinajstić information content (AvgIpc) is 2.72. The molecule has 0 bridgehead atoms. The van der Waals surface area contributed by atoms with Crippen LogP contribution in [-0.2, 0) is 0 Å². The molecule has 0 radical (unpaired) electrons. The Labute approximate surface area is 114 Å². The third-order valence-corrected chi connectivity index (χ3v) is 3.03. The van der Waals surface area contributed by atoms with E-state index in [0.29, 0.717) is 23.1 Å². The van der Waals surface area contributed by atoms with Gasteiger partial charge in [0.25, 0.3) is 0 Å². The first-order valence-electron chi connectivity index (χ1n) is 6.72. The molecule has 0 atom stereocenters. The lowest BCUT2D eigenvalue weighted by molar-refractivity contribution is 0.155. The zero-order chi connectivity index (χ0) is 14.4. The van der Waals surface area contributed by atoms with E-state index >= 15 is 0 Å². The second kappa shape index (κ2) is 7.09. The predicted octanol–water partition coefficient (Wildman–Crippen LogP) is 2.79. The summed E-state index contributed by atoms with van der Waals surface area (Å²) in [6.07, 6.45) is 0. The summed E-state index contributed by atoms with van der Waals surface area (Å²) in [5.41, 5.74) is 1.33. The number of hydrogen-bond acceptors (Lipinski definition) is 4. The number of hydrogen-bond donors (Lipinski definition) is 1. The minimum Gasteiger partial charge on any atom is -0.410 e. The van der Waals surface area contributed by atoms with Gasteiger partial charge in [-0.1, -0.05) is 23.9 Å². The number of aromatic nitrogens is 3. The molecule has 0 aliphatic carbocycles. The van der Waals surface area contributed by atoms with Gasteiger partial charge in [0, 0.05) is 12.1 Å². The molecule has 1 aromatic carbocycles. The highest BCUT2D eigenvalue weighted by Crippen LogP contribution is 2.06. The first-order valence-corrected chi connectivity index (χ1v) is 6.72. The molecular formula is C14H24N4O. The Balaban J connectivity index is 0.000000192. The Morgan fingerprint density at radius 2 is 1.74 bits per heavy atom. The zero-order valence-electron chi connectivity index (χ0n) is 12.4. The van der Waals surface area contributed by atoms with Crippen LogP contribution in [-0.4, -0.2) is 43.9 Å². The van der Waals surface area contributed by atoms with Crippen molar-refractivity contribution in [2.45, 2.75) is 46.7 Å². The smallest absolute Gasteiger partial charge is 0.130 e. The van der Waals surface area contributed by atoms with Crippen LogP contribution in [0, 0.1) is 0 Å². The molecule has 5 heteroatoms. The van der Waals surface area contributed by atoms with Crippen LogP contribution in [0.3, 0.4) is 0 Å². The van der Waals surface area contributed by atoms with Crippen molar-refractivity contribution >= 4 is 11.0 Å². The minimum atomic E-state index is 0.627. The fourth-order valence-corrected chi connectivity index (χ4v) is 2.18. The largest absolute Gasteiger partial charge is 0.410 e. The van der Waals surface area contributed by atoms with Gasteiger partial charge in [-0.25, -0.2) is 0 Å². The second-order valence-corrected chi connectivity index (χ2v) is 4.99. The lowest BCUT2D eigenvalue weighted by Gasteiger charge is -2.28. The Kier molecular flexibility index (Phi) is 5.76. The van der Waals surface area contributed by atoms with Gasteiger partial charge in [-0.3, -0.25) is 4.90 Å². The molecule has 106 valence electrons. The molecule has 2 aromatic rings. The maximum absolute atomic E-state index is 8.95. The van der Waals surface area contributed by atoms with Crippen molar-refractivity contribution in [2.75, 3.05) is 6.54 Å². The quantitative estimate of drug-likeness (QED) is 0.866. The van der Waals surface area contributed by atoms with Crippen LogP contribution < -0.4 is 0 Å². The molecular weight excluding hydrogens is 240 g/mol. The van der Waals surface area contributed by atoms with Crippen LogP contribution in [0.25, 0.3) is 11.0 Å². The van der Waals surface area contributed by atoms with Crippen LogP contribution in [0.5, 0.6) is 0 Å². The van der Waals surface area contributed by atoms with Gasteiger partial charge in [-0.2, -0.15) is 0 Å². The highest BCUT2D eigenvalue weighted by atomic mass is 16.5. The van der Waals surface area contributed by atoms with Gasteiger partial charge in [0.15, 0.2) is 0 Å². The molecule has 0 spiro atoms. The third kappa shape index (κ3) is 4.21. The summed E-state index contributed by atoms with van der Waals surface area (Å²) in [5.74, 6) is 0. The maximum atomic E-state index is 8.95. The molecule has 2 rings (SSSR count). The molecule has 0 saturated carbocycles. The fourth-order valence-electron chi connectivity index (χ4n) is 2.18. The van der Waals surface area contributed by atoms with Gasteiger partial charge in [-0.05, 0) is 51.6 Å². The lowest BCUT2D eigenvalue weighted by Crippen LogP contribution is -2.36. The van der Waals surface area contributed by atoms with E-state index in [0.717, 1.165) is 11.4 Å². The topological polar surface area (TPSA) is 54.2 Å². The summed E-state index contributed by atoms with van der Waals surface area (Å²) in [5, 5.41) is 16.1. The van der Waals surface area contributed by atoms with E-state index in [-0.39, 0.29) is 0 Å². The summed E-state index contributed by atoms with van der Waals surface area (Å²) in [4.78, 5) is 3.22. The van der Waals surface area contributed by atoms with E-state index in [2.05, 4.69) is 49.8 Å². The van der Waals surface area contributed by atoms with E-state index in [1.54, 1.807) is 12.1 Å². The van der Waals surface area contributed by atoms with E-state index in [1.165, 1.54) is 0 Å². The normalized spacial score (nSPS) is 11.2. The molecule has 1 aromatic heterocycles. The van der Waals surface area contributed by atoms with Gasteiger partial charge in [0.1, 0.15) is 11.0 Å². The van der Waals surface area contributed by atoms with Crippen molar-refractivity contribution in [3.8, 4) is 0 Å². The molecule has 19 heavy (non-hydrogen) atoms. The fraction of sp³-hybridized carbons (Fsp3) is 0.571. The molecule has 5 nitrogen and oxygen atoms in total. The van der Waals surface area contributed by atoms with Crippen LogP contribution >= 0.6 is 0 Å². The molecule has 1 N–H and O–H groups in total. The van der Waals surface area contributed by atoms with Crippen LogP contribution in [0.1, 0.15) is 34.6 Å². The zero-order valence-corrected chi connectivity index (χ0v) is 12.4. The first kappa shape index (κ1) is 15.4. The average molecular weight is 264 g/mol. The molecule has 1 heterocycles. The minimum absolute atomic E-state index is 0.627. The maximum Gasteiger partial charge on any atom is 0.130 e. The molecule has 0 saturated heterocycles.